The number of benzene rings is 2. The smallest absolute Gasteiger partial charge is 0.221 e. The first-order chi connectivity index (χ1) is 14.4. The third kappa shape index (κ3) is 5.74. The van der Waals surface area contributed by atoms with Crippen molar-refractivity contribution in [2.75, 3.05) is 12.4 Å². The first kappa shape index (κ1) is 22.8. The second-order valence-electron chi connectivity index (χ2n) is 6.39. The second kappa shape index (κ2) is 10.9. The van der Waals surface area contributed by atoms with Gasteiger partial charge in [-0.15, -0.1) is 0 Å². The molecule has 2 aromatic carbocycles. The number of pyridine rings is 1. The molecule has 0 fully saturated rings. The van der Waals surface area contributed by atoms with Crippen LogP contribution >= 0.6 is 0 Å². The summed E-state index contributed by atoms with van der Waals surface area (Å²) >= 11 is 0. The lowest BCUT2D eigenvalue weighted by Crippen LogP contribution is -2.18. The molecule has 4 N–H and O–H groups in total. The largest absolute Gasteiger partial charge is 0.489 e. The minimum atomic E-state index is -0.362. The predicted molar refractivity (Wildman–Crippen MR) is 113 cm³/mol. The van der Waals surface area contributed by atoms with E-state index in [2.05, 4.69) is 16.1 Å². The van der Waals surface area contributed by atoms with E-state index in [1.165, 1.54) is 18.3 Å². The molecule has 1 aromatic heterocycles. The van der Waals surface area contributed by atoms with Gasteiger partial charge in [-0.1, -0.05) is 12.1 Å². The molecule has 30 heavy (non-hydrogen) atoms. The van der Waals surface area contributed by atoms with Crippen LogP contribution in [0.5, 0.6) is 5.75 Å². The fourth-order valence-electron chi connectivity index (χ4n) is 2.88. The Morgan fingerprint density at radius 3 is 2.47 bits per heavy atom. The third-order valence-corrected chi connectivity index (χ3v) is 4.33. The van der Waals surface area contributed by atoms with Gasteiger partial charge in [-0.05, 0) is 55.3 Å². The molecule has 3 rings (SSSR count). The van der Waals surface area contributed by atoms with Crippen LogP contribution in [0.3, 0.4) is 0 Å². The highest BCUT2D eigenvalue weighted by atomic mass is 19.1. The number of anilines is 1. The molecule has 1 heterocycles. The number of nitrogens with one attached hydrogen (secondary N) is 2. The number of aromatic nitrogens is 1. The normalized spacial score (nSPS) is 9.93. The molecule has 0 aliphatic carbocycles. The number of halogens is 2. The standard InChI is InChI=1S/C21H20F2N2O.CH4N2O/c1-13-10-20(26-12-15-5-4-6-18(23)21(15)24-3)14(2)9-17(13)19-8-7-16(22)11-25-19;2-3-1-4/h4-11,24H,12H2,1-3H3;1H,2H2,(H,3,4). The van der Waals surface area contributed by atoms with E-state index in [1.807, 2.05) is 32.0 Å². The molecule has 0 saturated heterocycles. The van der Waals surface area contributed by atoms with Crippen LogP contribution in [0.2, 0.25) is 0 Å². The molecule has 0 bridgehead atoms. The molecule has 0 aliphatic heterocycles. The highest BCUT2D eigenvalue weighted by molar-refractivity contribution is 5.66. The number of aryl methyl sites for hydroxylation is 2. The molecule has 3 aromatic rings. The van der Waals surface area contributed by atoms with Gasteiger partial charge < -0.3 is 10.1 Å². The number of hydrogen-bond donors (Lipinski definition) is 3. The number of carbonyl (C=O) groups is 1. The molecule has 158 valence electrons. The number of rotatable bonds is 6. The number of nitrogens with zero attached hydrogens (tertiary/aromatic N) is 1. The van der Waals surface area contributed by atoms with Gasteiger partial charge in [0.2, 0.25) is 6.41 Å². The maximum absolute atomic E-state index is 13.8. The third-order valence-electron chi connectivity index (χ3n) is 4.33. The van der Waals surface area contributed by atoms with Gasteiger partial charge in [-0.3, -0.25) is 15.2 Å². The number of nitrogens with two attached hydrogens (primary N) is 1. The van der Waals surface area contributed by atoms with Crippen LogP contribution in [0.25, 0.3) is 11.3 Å². The maximum Gasteiger partial charge on any atom is 0.221 e. The highest BCUT2D eigenvalue weighted by Crippen LogP contribution is 2.30. The van der Waals surface area contributed by atoms with Gasteiger partial charge in [0.1, 0.15) is 24.0 Å². The molecule has 8 heteroatoms. The summed E-state index contributed by atoms with van der Waals surface area (Å²) in [7, 11) is 1.68. The van der Waals surface area contributed by atoms with Gasteiger partial charge >= 0.3 is 0 Å². The van der Waals surface area contributed by atoms with Crippen molar-refractivity contribution in [2.24, 2.45) is 5.84 Å². The molecule has 0 atom stereocenters. The Balaban J connectivity index is 0.000000735. The number of carbonyl (C=O) groups excluding carboxylic acids is 1. The zero-order chi connectivity index (χ0) is 22.1. The Morgan fingerprint density at radius 1 is 1.13 bits per heavy atom. The number of hydrogen-bond acceptors (Lipinski definition) is 5. The van der Waals surface area contributed by atoms with Crippen molar-refractivity contribution in [3.05, 3.63) is 77.0 Å². The van der Waals surface area contributed by atoms with Crippen molar-refractivity contribution in [3.63, 3.8) is 0 Å². The molecular weight excluding hydrogens is 390 g/mol. The Morgan fingerprint density at radius 2 is 1.87 bits per heavy atom. The average molecular weight is 414 g/mol. The summed E-state index contributed by atoms with van der Waals surface area (Å²) in [4.78, 5) is 13.1. The quantitative estimate of drug-likeness (QED) is 0.247. The van der Waals surface area contributed by atoms with Gasteiger partial charge in [0.05, 0.1) is 17.6 Å². The van der Waals surface area contributed by atoms with Crippen LogP contribution in [-0.4, -0.2) is 18.4 Å². The van der Waals surface area contributed by atoms with Crippen molar-refractivity contribution in [1.29, 1.82) is 0 Å². The fraction of sp³-hybridized carbons (Fsp3) is 0.182. The Labute approximate surface area is 174 Å². The molecule has 0 unspecified atom stereocenters. The van der Waals surface area contributed by atoms with Crippen molar-refractivity contribution in [2.45, 2.75) is 20.5 Å². The summed E-state index contributed by atoms with van der Waals surface area (Å²) in [5.74, 6) is 4.46. The van der Waals surface area contributed by atoms with Crippen molar-refractivity contribution >= 4 is 12.1 Å². The van der Waals surface area contributed by atoms with Gasteiger partial charge in [0.15, 0.2) is 0 Å². The summed E-state index contributed by atoms with van der Waals surface area (Å²) in [6.45, 7) is 4.14. The summed E-state index contributed by atoms with van der Waals surface area (Å²) in [6.07, 6.45) is 1.61. The number of amides is 1. The van der Waals surface area contributed by atoms with Crippen LogP contribution in [0.4, 0.5) is 14.5 Å². The Bertz CT molecular complexity index is 995. The summed E-state index contributed by atoms with van der Waals surface area (Å²) in [6, 6.07) is 11.8. The van der Waals surface area contributed by atoms with E-state index in [1.54, 1.807) is 24.6 Å². The van der Waals surface area contributed by atoms with E-state index in [4.69, 9.17) is 9.53 Å². The fourth-order valence-corrected chi connectivity index (χ4v) is 2.88. The number of hydrazine groups is 1. The van der Waals surface area contributed by atoms with E-state index in [-0.39, 0.29) is 18.2 Å². The van der Waals surface area contributed by atoms with Crippen LogP contribution in [-0.2, 0) is 11.4 Å². The first-order valence-electron chi connectivity index (χ1n) is 9.12. The molecule has 1 amide bonds. The minimum Gasteiger partial charge on any atom is -0.489 e. The lowest BCUT2D eigenvalue weighted by Gasteiger charge is -2.15. The molecule has 6 nitrogen and oxygen atoms in total. The van der Waals surface area contributed by atoms with Crippen LogP contribution in [0, 0.1) is 25.5 Å². The summed E-state index contributed by atoms with van der Waals surface area (Å²) in [5.41, 5.74) is 6.47. The molecule has 0 radical (unpaired) electrons. The van der Waals surface area contributed by atoms with Crippen molar-refractivity contribution < 1.29 is 18.3 Å². The monoisotopic (exact) mass is 414 g/mol. The van der Waals surface area contributed by atoms with Crippen LogP contribution in [0.15, 0.2) is 48.7 Å². The highest BCUT2D eigenvalue weighted by Gasteiger charge is 2.11. The molecule has 0 aliphatic rings. The average Bonchev–Trinajstić information content (AvgIpc) is 2.75. The van der Waals surface area contributed by atoms with E-state index in [9.17, 15) is 8.78 Å². The Kier molecular flexibility index (Phi) is 8.25. The zero-order valence-electron chi connectivity index (χ0n) is 17.0. The van der Waals surface area contributed by atoms with Crippen molar-refractivity contribution in [1.82, 2.24) is 10.4 Å². The summed E-state index contributed by atoms with van der Waals surface area (Å²) < 4.78 is 32.8. The molecule has 0 saturated carbocycles. The van der Waals surface area contributed by atoms with Gasteiger partial charge in [-0.2, -0.15) is 0 Å². The van der Waals surface area contributed by atoms with Crippen LogP contribution < -0.4 is 21.3 Å². The lowest BCUT2D eigenvalue weighted by atomic mass is 10.0. The topological polar surface area (TPSA) is 89.3 Å². The molecule has 0 spiro atoms. The maximum atomic E-state index is 13.8. The van der Waals surface area contributed by atoms with Gasteiger partial charge in [0.25, 0.3) is 0 Å². The minimum absolute atomic E-state index is 0.252. The predicted octanol–water partition coefficient (Wildman–Crippen LogP) is 3.87. The Hall–Kier alpha value is -3.52. The van der Waals surface area contributed by atoms with Gasteiger partial charge in [0, 0.05) is 18.2 Å². The van der Waals surface area contributed by atoms with E-state index in [0.717, 1.165) is 28.0 Å². The van der Waals surface area contributed by atoms with E-state index < -0.39 is 0 Å². The first-order valence-corrected chi connectivity index (χ1v) is 9.12. The lowest BCUT2D eigenvalue weighted by molar-refractivity contribution is -0.109. The molecular formula is C22H24F2N4O2. The van der Waals surface area contributed by atoms with E-state index in [0.29, 0.717) is 17.8 Å². The summed E-state index contributed by atoms with van der Waals surface area (Å²) in [5, 5.41) is 2.87. The number of para-hydroxylation sites is 1. The second-order valence-corrected chi connectivity index (χ2v) is 6.39. The van der Waals surface area contributed by atoms with E-state index >= 15 is 0 Å². The van der Waals surface area contributed by atoms with Gasteiger partial charge in [-0.25, -0.2) is 14.6 Å². The van der Waals surface area contributed by atoms with Crippen molar-refractivity contribution in [3.8, 4) is 17.0 Å². The van der Waals surface area contributed by atoms with Crippen LogP contribution in [0.1, 0.15) is 16.7 Å². The zero-order valence-corrected chi connectivity index (χ0v) is 17.0. The SMILES string of the molecule is CNc1c(F)cccc1COc1cc(C)c(-c2ccc(F)cn2)cc1C.NNC=O. The number of ether oxygens (including phenoxy) is 1.